The highest BCUT2D eigenvalue weighted by atomic mass is 79.9. The number of halogens is 1. The summed E-state index contributed by atoms with van der Waals surface area (Å²) in [5.74, 6) is 0.164. The zero-order valence-corrected chi connectivity index (χ0v) is 13.2. The summed E-state index contributed by atoms with van der Waals surface area (Å²) in [6.07, 6.45) is 2.66. The van der Waals surface area contributed by atoms with Crippen molar-refractivity contribution in [2.24, 2.45) is 0 Å². The number of hydrogen-bond donors (Lipinski definition) is 1. The predicted molar refractivity (Wildman–Crippen MR) is 86.1 cm³/mol. The van der Waals surface area contributed by atoms with E-state index in [1.165, 1.54) is 21.2 Å². The summed E-state index contributed by atoms with van der Waals surface area (Å²) in [4.78, 5) is 12.2. The first kappa shape index (κ1) is 13.1. The molecule has 1 fully saturated rings. The van der Waals surface area contributed by atoms with E-state index >= 15 is 0 Å². The molecule has 0 aromatic heterocycles. The molecule has 1 spiro atoms. The molecule has 1 N–H and O–H groups in total. The molecule has 4 rings (SSSR count). The van der Waals surface area contributed by atoms with E-state index in [1.54, 1.807) is 0 Å². The van der Waals surface area contributed by atoms with Crippen molar-refractivity contribution in [2.45, 2.75) is 30.7 Å². The molecule has 2 unspecified atom stereocenters. The molecule has 0 radical (unpaired) electrons. The van der Waals surface area contributed by atoms with E-state index in [9.17, 15) is 4.79 Å². The van der Waals surface area contributed by atoms with E-state index in [0.29, 0.717) is 6.42 Å². The van der Waals surface area contributed by atoms with Crippen molar-refractivity contribution >= 4 is 21.8 Å². The van der Waals surface area contributed by atoms with E-state index in [0.717, 1.165) is 12.8 Å². The molecule has 1 aliphatic carbocycles. The van der Waals surface area contributed by atoms with Gasteiger partial charge in [0.15, 0.2) is 0 Å². The van der Waals surface area contributed by atoms with E-state index in [2.05, 4.69) is 51.6 Å². The summed E-state index contributed by atoms with van der Waals surface area (Å²) in [6.45, 7) is 0. The second-order valence-electron chi connectivity index (χ2n) is 6.01. The summed E-state index contributed by atoms with van der Waals surface area (Å²) >= 11 is 3.66. The Morgan fingerprint density at radius 3 is 2.71 bits per heavy atom. The molecule has 21 heavy (non-hydrogen) atoms. The molecular formula is C18H16BrNO. The number of fused-ring (bicyclic) bond motifs is 2. The highest BCUT2D eigenvalue weighted by molar-refractivity contribution is 9.10. The predicted octanol–water partition coefficient (Wildman–Crippen LogP) is 3.89. The van der Waals surface area contributed by atoms with Gasteiger partial charge in [0.1, 0.15) is 0 Å². The Labute approximate surface area is 132 Å². The van der Waals surface area contributed by atoms with Gasteiger partial charge in [0.05, 0.1) is 6.04 Å². The van der Waals surface area contributed by atoms with Crippen LogP contribution in [0.4, 0.5) is 0 Å². The Morgan fingerprint density at radius 1 is 1.10 bits per heavy atom. The number of rotatable bonds is 1. The molecule has 0 saturated carbocycles. The summed E-state index contributed by atoms with van der Waals surface area (Å²) < 4.78 is 1.17. The normalized spacial score (nSPS) is 26.9. The van der Waals surface area contributed by atoms with Gasteiger partial charge in [-0.2, -0.15) is 0 Å². The zero-order chi connectivity index (χ0) is 14.4. The van der Waals surface area contributed by atoms with E-state index < -0.39 is 0 Å². The van der Waals surface area contributed by atoms with Crippen LogP contribution in [0.3, 0.4) is 0 Å². The lowest BCUT2D eigenvalue weighted by atomic mass is 9.73. The van der Waals surface area contributed by atoms with E-state index in [4.69, 9.17) is 0 Å². The van der Waals surface area contributed by atoms with Crippen molar-refractivity contribution in [1.29, 1.82) is 0 Å². The van der Waals surface area contributed by atoms with Gasteiger partial charge in [-0.3, -0.25) is 4.79 Å². The van der Waals surface area contributed by atoms with Gasteiger partial charge in [-0.25, -0.2) is 0 Å². The first-order chi connectivity index (χ1) is 10.2. The third kappa shape index (κ3) is 1.87. The molecule has 3 heteroatoms. The van der Waals surface area contributed by atoms with Gasteiger partial charge >= 0.3 is 0 Å². The number of carbonyl (C=O) groups is 1. The van der Waals surface area contributed by atoms with Crippen molar-refractivity contribution in [2.75, 3.05) is 0 Å². The van der Waals surface area contributed by atoms with Crippen molar-refractivity contribution < 1.29 is 4.79 Å². The molecule has 1 heterocycles. The third-order valence-electron chi connectivity index (χ3n) is 4.94. The standard InChI is InChI=1S/C18H16BrNO/c19-15-8-4-7-14-13(15)9-10-18(14)11-16(21)20-17(18)12-5-2-1-3-6-12/h1-8,17H,9-11H2,(H,20,21). The smallest absolute Gasteiger partial charge is 0.221 e. The Hall–Kier alpha value is -1.61. The van der Waals surface area contributed by atoms with Gasteiger partial charge in [0.2, 0.25) is 5.91 Å². The number of nitrogens with one attached hydrogen (secondary N) is 1. The maximum Gasteiger partial charge on any atom is 0.221 e. The van der Waals surface area contributed by atoms with Crippen molar-refractivity contribution in [3.8, 4) is 0 Å². The average molecular weight is 342 g/mol. The van der Waals surface area contributed by atoms with Gasteiger partial charge in [-0.1, -0.05) is 58.4 Å². The zero-order valence-electron chi connectivity index (χ0n) is 11.6. The van der Waals surface area contributed by atoms with Crippen molar-refractivity contribution in [3.63, 3.8) is 0 Å². The second kappa shape index (κ2) is 4.70. The van der Waals surface area contributed by atoms with Gasteiger partial charge in [-0.15, -0.1) is 0 Å². The minimum atomic E-state index is -0.0858. The number of carbonyl (C=O) groups excluding carboxylic acids is 1. The number of hydrogen-bond acceptors (Lipinski definition) is 1. The topological polar surface area (TPSA) is 29.1 Å². The highest BCUT2D eigenvalue weighted by Crippen LogP contribution is 2.53. The van der Waals surface area contributed by atoms with Crippen LogP contribution in [-0.2, 0) is 16.6 Å². The van der Waals surface area contributed by atoms with Crippen LogP contribution in [0, 0.1) is 0 Å². The van der Waals surface area contributed by atoms with Crippen LogP contribution in [0.5, 0.6) is 0 Å². The van der Waals surface area contributed by atoms with Crippen LogP contribution in [0.25, 0.3) is 0 Å². The monoisotopic (exact) mass is 341 g/mol. The number of amides is 1. The molecule has 2 aliphatic rings. The van der Waals surface area contributed by atoms with Crippen LogP contribution in [-0.4, -0.2) is 5.91 Å². The Balaban J connectivity index is 1.88. The first-order valence-electron chi connectivity index (χ1n) is 7.33. The van der Waals surface area contributed by atoms with Crippen molar-refractivity contribution in [1.82, 2.24) is 5.32 Å². The number of benzene rings is 2. The lowest BCUT2D eigenvalue weighted by Gasteiger charge is -2.31. The lowest BCUT2D eigenvalue weighted by molar-refractivity contribution is -0.119. The molecule has 1 aliphatic heterocycles. The maximum absolute atomic E-state index is 12.2. The molecule has 106 valence electrons. The van der Waals surface area contributed by atoms with Crippen LogP contribution in [0.2, 0.25) is 0 Å². The van der Waals surface area contributed by atoms with Gasteiger partial charge in [0, 0.05) is 16.3 Å². The van der Waals surface area contributed by atoms with Crippen LogP contribution in [0.1, 0.15) is 35.6 Å². The quantitative estimate of drug-likeness (QED) is 0.837. The molecular weight excluding hydrogens is 326 g/mol. The fraction of sp³-hybridized carbons (Fsp3) is 0.278. The molecule has 1 amide bonds. The first-order valence-corrected chi connectivity index (χ1v) is 8.12. The lowest BCUT2D eigenvalue weighted by Crippen LogP contribution is -2.31. The van der Waals surface area contributed by atoms with Crippen molar-refractivity contribution in [3.05, 3.63) is 69.7 Å². The minimum absolute atomic E-state index is 0.0850. The molecule has 0 bridgehead atoms. The molecule has 2 aromatic rings. The maximum atomic E-state index is 12.2. The molecule has 2 aromatic carbocycles. The third-order valence-corrected chi connectivity index (χ3v) is 5.69. The van der Waals surface area contributed by atoms with E-state index in [-0.39, 0.29) is 17.4 Å². The summed E-state index contributed by atoms with van der Waals surface area (Å²) in [6, 6.07) is 16.8. The fourth-order valence-electron chi connectivity index (χ4n) is 4.03. The van der Waals surface area contributed by atoms with Crippen LogP contribution < -0.4 is 5.32 Å². The largest absolute Gasteiger partial charge is 0.348 e. The molecule has 1 saturated heterocycles. The van der Waals surface area contributed by atoms with Gasteiger partial charge in [0.25, 0.3) is 0 Å². The summed E-state index contributed by atoms with van der Waals surface area (Å²) in [5.41, 5.74) is 3.83. The summed E-state index contributed by atoms with van der Waals surface area (Å²) in [7, 11) is 0. The SMILES string of the molecule is O=C1CC2(CCc3c(Br)cccc32)C(c2ccccc2)N1. The Kier molecular flexibility index (Phi) is 2.93. The van der Waals surface area contributed by atoms with E-state index in [1.807, 2.05) is 18.2 Å². The minimum Gasteiger partial charge on any atom is -0.348 e. The molecule has 2 nitrogen and oxygen atoms in total. The van der Waals surface area contributed by atoms with Crippen LogP contribution >= 0.6 is 15.9 Å². The Morgan fingerprint density at radius 2 is 1.90 bits per heavy atom. The van der Waals surface area contributed by atoms with Gasteiger partial charge in [-0.05, 0) is 35.6 Å². The van der Waals surface area contributed by atoms with Gasteiger partial charge < -0.3 is 5.32 Å². The Bertz CT molecular complexity index is 712. The summed E-state index contributed by atoms with van der Waals surface area (Å²) in [5, 5.41) is 3.21. The van der Waals surface area contributed by atoms with Crippen LogP contribution in [0.15, 0.2) is 53.0 Å². The average Bonchev–Trinajstić information content (AvgIpc) is 3.03. The fourth-order valence-corrected chi connectivity index (χ4v) is 4.60. The highest BCUT2D eigenvalue weighted by Gasteiger charge is 2.52. The molecule has 2 atom stereocenters. The second-order valence-corrected chi connectivity index (χ2v) is 6.86.